The summed E-state index contributed by atoms with van der Waals surface area (Å²) in [6.07, 6.45) is 0. The fourth-order valence-corrected chi connectivity index (χ4v) is 6.01. The molecule has 0 N–H and O–H groups in total. The van der Waals surface area contributed by atoms with Gasteiger partial charge in [0.2, 0.25) is 0 Å². The lowest BCUT2D eigenvalue weighted by Gasteiger charge is -2.12. The Bertz CT molecular complexity index is 2080. The molecular weight excluding hydrogens is 436 g/mol. The van der Waals surface area contributed by atoms with E-state index >= 15 is 0 Å². The number of nitrogens with zero attached hydrogens (tertiary/aromatic N) is 2. The van der Waals surface area contributed by atoms with Crippen molar-refractivity contribution in [3.05, 3.63) is 133 Å². The molecule has 0 atom stereocenters. The Balaban J connectivity index is 1.71. The molecule has 8 aromatic rings. The number of benzene rings is 6. The summed E-state index contributed by atoms with van der Waals surface area (Å²) >= 11 is 0. The van der Waals surface area contributed by atoms with E-state index in [1.807, 2.05) is 0 Å². The minimum absolute atomic E-state index is 1.17. The molecule has 0 radical (unpaired) electrons. The van der Waals surface area contributed by atoms with Gasteiger partial charge in [0, 0.05) is 32.9 Å². The number of para-hydroxylation sites is 3. The molecule has 0 saturated carbocycles. The van der Waals surface area contributed by atoms with Crippen LogP contribution in [-0.4, -0.2) is 9.13 Å². The largest absolute Gasteiger partial charge is 0.307 e. The summed E-state index contributed by atoms with van der Waals surface area (Å²) in [5, 5.41) is 7.67. The van der Waals surface area contributed by atoms with Crippen LogP contribution >= 0.6 is 0 Å². The lowest BCUT2D eigenvalue weighted by Crippen LogP contribution is -1.98. The van der Waals surface area contributed by atoms with Crippen molar-refractivity contribution in [2.24, 2.45) is 0 Å². The van der Waals surface area contributed by atoms with E-state index < -0.39 is 0 Å². The van der Waals surface area contributed by atoms with Crippen LogP contribution in [0.5, 0.6) is 0 Å². The van der Waals surface area contributed by atoms with Gasteiger partial charge in [0.15, 0.2) is 0 Å². The van der Waals surface area contributed by atoms with Gasteiger partial charge in [-0.15, -0.1) is 0 Å². The Morgan fingerprint density at radius 2 is 0.889 bits per heavy atom. The smallest absolute Gasteiger partial charge is 0.0789 e. The maximum absolute atomic E-state index is 2.46. The van der Waals surface area contributed by atoms with Gasteiger partial charge in [-0.25, -0.2) is 0 Å². The second kappa shape index (κ2) is 7.34. The first-order valence-corrected chi connectivity index (χ1v) is 12.4. The van der Waals surface area contributed by atoms with Gasteiger partial charge in [0.05, 0.1) is 22.1 Å². The minimum Gasteiger partial charge on any atom is -0.307 e. The molecule has 2 heterocycles. The molecule has 168 valence electrons. The molecule has 0 bridgehead atoms. The SMILES string of the molecule is c1ccc(-n2c3ccccc3c3ccc4c5c6ccccc6ccc5n(-c5ccccc5)c4c32)cc1. The highest BCUT2D eigenvalue weighted by Gasteiger charge is 2.21. The van der Waals surface area contributed by atoms with Crippen LogP contribution < -0.4 is 0 Å². The Hall–Kier alpha value is -4.82. The number of fused-ring (bicyclic) bond motifs is 9. The average molecular weight is 459 g/mol. The van der Waals surface area contributed by atoms with Gasteiger partial charge in [-0.1, -0.05) is 97.1 Å². The van der Waals surface area contributed by atoms with E-state index in [4.69, 9.17) is 0 Å². The third-order valence-corrected chi connectivity index (χ3v) is 7.48. The predicted octanol–water partition coefficient (Wildman–Crippen LogP) is 9.03. The van der Waals surface area contributed by atoms with Crippen LogP contribution in [0.3, 0.4) is 0 Å². The van der Waals surface area contributed by atoms with Crippen molar-refractivity contribution < 1.29 is 0 Å². The molecule has 0 spiro atoms. The maximum Gasteiger partial charge on any atom is 0.0789 e. The molecule has 2 aromatic heterocycles. The average Bonchev–Trinajstić information content (AvgIpc) is 3.47. The van der Waals surface area contributed by atoms with E-state index in [0.29, 0.717) is 0 Å². The van der Waals surface area contributed by atoms with E-state index in [1.165, 1.54) is 65.8 Å². The minimum atomic E-state index is 1.17. The monoisotopic (exact) mass is 458 g/mol. The topological polar surface area (TPSA) is 9.86 Å². The van der Waals surface area contributed by atoms with Crippen LogP contribution in [0, 0.1) is 0 Å². The molecular formula is C34H22N2. The fourth-order valence-electron chi connectivity index (χ4n) is 6.01. The second-order valence-electron chi connectivity index (χ2n) is 9.40. The van der Waals surface area contributed by atoms with E-state index in [-0.39, 0.29) is 0 Å². The normalized spacial score (nSPS) is 11.9. The summed E-state index contributed by atoms with van der Waals surface area (Å²) in [6, 6.07) is 48.2. The molecule has 2 nitrogen and oxygen atoms in total. The van der Waals surface area contributed by atoms with Crippen LogP contribution in [0.15, 0.2) is 133 Å². The van der Waals surface area contributed by atoms with Crippen molar-refractivity contribution in [1.29, 1.82) is 0 Å². The first-order valence-electron chi connectivity index (χ1n) is 12.4. The molecule has 0 saturated heterocycles. The van der Waals surface area contributed by atoms with Gasteiger partial charge in [0.25, 0.3) is 0 Å². The van der Waals surface area contributed by atoms with Crippen molar-refractivity contribution in [3.8, 4) is 11.4 Å². The zero-order valence-electron chi connectivity index (χ0n) is 19.6. The molecule has 0 aliphatic carbocycles. The highest BCUT2D eigenvalue weighted by molar-refractivity contribution is 6.28. The van der Waals surface area contributed by atoms with Gasteiger partial charge < -0.3 is 9.13 Å². The van der Waals surface area contributed by atoms with Crippen molar-refractivity contribution >= 4 is 54.4 Å². The van der Waals surface area contributed by atoms with Crippen LogP contribution in [0.4, 0.5) is 0 Å². The Labute approximate surface area is 208 Å². The van der Waals surface area contributed by atoms with Crippen LogP contribution in [-0.2, 0) is 0 Å². The summed E-state index contributed by atoms with van der Waals surface area (Å²) in [4.78, 5) is 0. The molecule has 6 aromatic carbocycles. The Kier molecular flexibility index (Phi) is 3.97. The Morgan fingerprint density at radius 3 is 1.64 bits per heavy atom. The molecule has 0 aliphatic heterocycles. The number of aromatic nitrogens is 2. The van der Waals surface area contributed by atoms with E-state index in [1.54, 1.807) is 0 Å². The Morgan fingerprint density at radius 1 is 0.333 bits per heavy atom. The number of hydrogen-bond acceptors (Lipinski definition) is 0. The summed E-state index contributed by atoms with van der Waals surface area (Å²) in [7, 11) is 0. The third kappa shape index (κ3) is 2.56. The fraction of sp³-hybridized carbons (Fsp3) is 0. The molecule has 36 heavy (non-hydrogen) atoms. The number of hydrogen-bond donors (Lipinski definition) is 0. The molecule has 0 amide bonds. The highest BCUT2D eigenvalue weighted by atomic mass is 15.0. The van der Waals surface area contributed by atoms with Crippen LogP contribution in [0.25, 0.3) is 65.8 Å². The van der Waals surface area contributed by atoms with Gasteiger partial charge in [-0.2, -0.15) is 0 Å². The predicted molar refractivity (Wildman–Crippen MR) is 153 cm³/mol. The van der Waals surface area contributed by atoms with Gasteiger partial charge in [-0.3, -0.25) is 0 Å². The molecule has 2 heteroatoms. The highest BCUT2D eigenvalue weighted by Crippen LogP contribution is 2.43. The van der Waals surface area contributed by atoms with E-state index in [9.17, 15) is 0 Å². The molecule has 8 rings (SSSR count). The van der Waals surface area contributed by atoms with E-state index in [0.717, 1.165) is 0 Å². The van der Waals surface area contributed by atoms with Crippen molar-refractivity contribution in [2.45, 2.75) is 0 Å². The lowest BCUT2D eigenvalue weighted by atomic mass is 10.0. The summed E-state index contributed by atoms with van der Waals surface area (Å²) in [5.41, 5.74) is 7.28. The standard InChI is InChI=1S/C34H22N2/c1-3-12-24(13-4-1)35-30-18-10-9-17-27(30)28-20-21-29-32-26-16-8-7-11-23(26)19-22-31(32)36(34(29)33(28)35)25-14-5-2-6-15-25/h1-22H. The quantitative estimate of drug-likeness (QED) is 0.244. The molecule has 0 unspecified atom stereocenters. The van der Waals surface area contributed by atoms with Gasteiger partial charge in [0.1, 0.15) is 0 Å². The van der Waals surface area contributed by atoms with Crippen molar-refractivity contribution in [3.63, 3.8) is 0 Å². The summed E-state index contributed by atoms with van der Waals surface area (Å²) in [6.45, 7) is 0. The van der Waals surface area contributed by atoms with Crippen LogP contribution in [0.2, 0.25) is 0 Å². The lowest BCUT2D eigenvalue weighted by molar-refractivity contribution is 1.15. The first-order chi connectivity index (χ1) is 17.9. The van der Waals surface area contributed by atoms with Gasteiger partial charge >= 0.3 is 0 Å². The number of rotatable bonds is 2. The molecule has 0 aliphatic rings. The summed E-state index contributed by atoms with van der Waals surface area (Å²) in [5.74, 6) is 0. The zero-order valence-corrected chi connectivity index (χ0v) is 19.6. The first kappa shape index (κ1) is 19.5. The van der Waals surface area contributed by atoms with Crippen LogP contribution in [0.1, 0.15) is 0 Å². The maximum atomic E-state index is 2.46. The second-order valence-corrected chi connectivity index (χ2v) is 9.40. The van der Waals surface area contributed by atoms with Crippen molar-refractivity contribution in [1.82, 2.24) is 9.13 Å². The van der Waals surface area contributed by atoms with Crippen molar-refractivity contribution in [2.75, 3.05) is 0 Å². The third-order valence-electron chi connectivity index (χ3n) is 7.48. The molecule has 0 fully saturated rings. The van der Waals surface area contributed by atoms with E-state index in [2.05, 4.69) is 143 Å². The summed E-state index contributed by atoms with van der Waals surface area (Å²) < 4.78 is 4.89. The zero-order chi connectivity index (χ0) is 23.6. The van der Waals surface area contributed by atoms with Gasteiger partial charge in [-0.05, 0) is 47.2 Å².